The Kier molecular flexibility index (Phi) is 3.07. The Bertz CT molecular complexity index is 660. The second-order valence-electron chi connectivity index (χ2n) is 5.42. The molecular formula is C15H18N2O. The maximum absolute atomic E-state index is 11.5. The van der Waals surface area contributed by atoms with Crippen molar-refractivity contribution in [3.63, 3.8) is 0 Å². The first-order valence-corrected chi connectivity index (χ1v) is 6.08. The molecule has 0 aliphatic carbocycles. The van der Waals surface area contributed by atoms with Crippen LogP contribution in [0.4, 0.5) is 0 Å². The Balaban J connectivity index is 2.88. The molecule has 0 unspecified atom stereocenters. The Hall–Kier alpha value is -1.90. The molecular weight excluding hydrogens is 224 g/mol. The number of benzene rings is 1. The number of hydrogen-bond donors (Lipinski definition) is 1. The molecule has 0 saturated heterocycles. The number of rotatable bonds is 1. The van der Waals surface area contributed by atoms with Crippen molar-refractivity contribution in [3.8, 4) is 0 Å². The standard InChI is InChI=1S/C15H18N2O/c1-5-6-10-7-8-11(15(2,3)4)14-13(10)16-9-12(18)17-14/h5-9H,1-4H3,(H,17,18)/b6-5-. The zero-order chi connectivity index (χ0) is 13.3. The summed E-state index contributed by atoms with van der Waals surface area (Å²) < 4.78 is 0. The fourth-order valence-electron chi connectivity index (χ4n) is 2.09. The highest BCUT2D eigenvalue weighted by molar-refractivity contribution is 5.87. The fraction of sp³-hybridized carbons (Fsp3) is 0.333. The maximum Gasteiger partial charge on any atom is 0.266 e. The predicted octanol–water partition coefficient (Wildman–Crippen LogP) is 3.25. The SMILES string of the molecule is C/C=C\c1ccc(C(C)(C)C)c2[nH]c(=O)cnc12. The summed E-state index contributed by atoms with van der Waals surface area (Å²) in [5.74, 6) is 0. The van der Waals surface area contributed by atoms with E-state index in [2.05, 4.69) is 36.8 Å². The van der Waals surface area contributed by atoms with Gasteiger partial charge < -0.3 is 4.98 Å². The third kappa shape index (κ3) is 2.21. The molecule has 3 nitrogen and oxygen atoms in total. The van der Waals surface area contributed by atoms with Crippen molar-refractivity contribution in [1.29, 1.82) is 0 Å². The monoisotopic (exact) mass is 242 g/mol. The van der Waals surface area contributed by atoms with Gasteiger partial charge in [0.2, 0.25) is 0 Å². The number of nitrogens with zero attached hydrogens (tertiary/aromatic N) is 1. The van der Waals surface area contributed by atoms with Gasteiger partial charge in [-0.05, 0) is 17.9 Å². The third-order valence-corrected chi connectivity index (χ3v) is 2.92. The van der Waals surface area contributed by atoms with Crippen LogP contribution in [0.1, 0.15) is 38.8 Å². The lowest BCUT2D eigenvalue weighted by Crippen LogP contribution is -2.15. The molecule has 3 heteroatoms. The van der Waals surface area contributed by atoms with Crippen molar-refractivity contribution >= 4 is 17.1 Å². The van der Waals surface area contributed by atoms with Gasteiger partial charge >= 0.3 is 0 Å². The predicted molar refractivity (Wildman–Crippen MR) is 75.8 cm³/mol. The van der Waals surface area contributed by atoms with Crippen molar-refractivity contribution in [2.75, 3.05) is 0 Å². The van der Waals surface area contributed by atoms with Crippen LogP contribution < -0.4 is 5.56 Å². The topological polar surface area (TPSA) is 45.8 Å². The van der Waals surface area contributed by atoms with E-state index in [0.29, 0.717) is 0 Å². The minimum absolute atomic E-state index is 0.0291. The molecule has 0 bridgehead atoms. The summed E-state index contributed by atoms with van der Waals surface area (Å²) in [5, 5.41) is 0. The lowest BCUT2D eigenvalue weighted by molar-refractivity contribution is 0.594. The van der Waals surface area contributed by atoms with Gasteiger partial charge in [-0.2, -0.15) is 0 Å². The van der Waals surface area contributed by atoms with Crippen LogP contribution in [-0.4, -0.2) is 9.97 Å². The van der Waals surface area contributed by atoms with E-state index in [0.717, 1.165) is 22.2 Å². The quantitative estimate of drug-likeness (QED) is 0.834. The summed E-state index contributed by atoms with van der Waals surface area (Å²) in [6.45, 7) is 8.35. The number of allylic oxidation sites excluding steroid dienone is 1. The molecule has 2 rings (SSSR count). The average Bonchev–Trinajstić information content (AvgIpc) is 2.27. The summed E-state index contributed by atoms with van der Waals surface area (Å²) in [6.07, 6.45) is 5.31. The van der Waals surface area contributed by atoms with Crippen LogP contribution in [0.15, 0.2) is 29.2 Å². The summed E-state index contributed by atoms with van der Waals surface area (Å²) >= 11 is 0. The molecule has 1 heterocycles. The lowest BCUT2D eigenvalue weighted by atomic mass is 9.85. The first-order chi connectivity index (χ1) is 8.43. The van der Waals surface area contributed by atoms with Gasteiger partial charge in [-0.3, -0.25) is 4.79 Å². The Morgan fingerprint density at radius 3 is 2.61 bits per heavy atom. The van der Waals surface area contributed by atoms with E-state index < -0.39 is 0 Å². The van der Waals surface area contributed by atoms with Gasteiger partial charge in [0.25, 0.3) is 5.56 Å². The van der Waals surface area contributed by atoms with Crippen LogP contribution in [-0.2, 0) is 5.41 Å². The van der Waals surface area contributed by atoms with E-state index >= 15 is 0 Å². The summed E-state index contributed by atoms with van der Waals surface area (Å²) in [4.78, 5) is 18.7. The van der Waals surface area contributed by atoms with Crippen molar-refractivity contribution in [1.82, 2.24) is 9.97 Å². The smallest absolute Gasteiger partial charge is 0.266 e. The molecule has 2 aromatic rings. The van der Waals surface area contributed by atoms with Crippen LogP contribution in [0.3, 0.4) is 0 Å². The summed E-state index contributed by atoms with van der Waals surface area (Å²) in [5.41, 5.74) is 3.63. The molecule has 94 valence electrons. The van der Waals surface area contributed by atoms with Gasteiger partial charge in [0.1, 0.15) is 0 Å². The zero-order valence-electron chi connectivity index (χ0n) is 11.2. The van der Waals surface area contributed by atoms with E-state index in [1.54, 1.807) is 0 Å². The molecule has 0 atom stereocenters. The molecule has 1 aromatic carbocycles. The number of H-pyrrole nitrogens is 1. The number of hydrogen-bond acceptors (Lipinski definition) is 2. The number of nitrogens with one attached hydrogen (secondary N) is 1. The molecule has 0 fully saturated rings. The van der Waals surface area contributed by atoms with Crippen LogP contribution in [0.25, 0.3) is 17.1 Å². The van der Waals surface area contributed by atoms with Crippen LogP contribution in [0.2, 0.25) is 0 Å². The van der Waals surface area contributed by atoms with E-state index in [4.69, 9.17) is 0 Å². The minimum Gasteiger partial charge on any atom is -0.319 e. The molecule has 0 aliphatic rings. The van der Waals surface area contributed by atoms with E-state index in [-0.39, 0.29) is 11.0 Å². The van der Waals surface area contributed by atoms with Gasteiger partial charge in [0.05, 0.1) is 17.2 Å². The van der Waals surface area contributed by atoms with Crippen LogP contribution in [0, 0.1) is 0 Å². The first kappa shape index (κ1) is 12.6. The number of fused-ring (bicyclic) bond motifs is 1. The minimum atomic E-state index is -0.161. The molecule has 18 heavy (non-hydrogen) atoms. The van der Waals surface area contributed by atoms with Gasteiger partial charge in [0, 0.05) is 5.56 Å². The fourth-order valence-corrected chi connectivity index (χ4v) is 2.09. The largest absolute Gasteiger partial charge is 0.319 e. The molecule has 0 spiro atoms. The van der Waals surface area contributed by atoms with Gasteiger partial charge in [-0.1, -0.05) is 45.1 Å². The Morgan fingerprint density at radius 2 is 2.00 bits per heavy atom. The van der Waals surface area contributed by atoms with Crippen molar-refractivity contribution in [2.24, 2.45) is 0 Å². The molecule has 0 aliphatic heterocycles. The molecule has 1 N–H and O–H groups in total. The van der Waals surface area contributed by atoms with E-state index in [1.807, 2.05) is 25.1 Å². The molecule has 0 radical (unpaired) electrons. The highest BCUT2D eigenvalue weighted by Gasteiger charge is 2.18. The van der Waals surface area contributed by atoms with Gasteiger partial charge in [-0.25, -0.2) is 4.98 Å². The average molecular weight is 242 g/mol. The lowest BCUT2D eigenvalue weighted by Gasteiger charge is -2.21. The van der Waals surface area contributed by atoms with E-state index in [9.17, 15) is 4.79 Å². The van der Waals surface area contributed by atoms with E-state index in [1.165, 1.54) is 6.20 Å². The Labute approximate surface area is 107 Å². The van der Waals surface area contributed by atoms with Crippen molar-refractivity contribution < 1.29 is 0 Å². The van der Waals surface area contributed by atoms with Gasteiger partial charge in [0.15, 0.2) is 0 Å². The third-order valence-electron chi connectivity index (χ3n) is 2.92. The second kappa shape index (κ2) is 4.41. The molecule has 0 amide bonds. The molecule has 0 saturated carbocycles. The maximum atomic E-state index is 11.5. The van der Waals surface area contributed by atoms with Crippen molar-refractivity contribution in [2.45, 2.75) is 33.1 Å². The number of aromatic amines is 1. The zero-order valence-corrected chi connectivity index (χ0v) is 11.2. The van der Waals surface area contributed by atoms with Crippen LogP contribution >= 0.6 is 0 Å². The molecule has 1 aromatic heterocycles. The van der Waals surface area contributed by atoms with Gasteiger partial charge in [-0.15, -0.1) is 0 Å². The second-order valence-corrected chi connectivity index (χ2v) is 5.42. The first-order valence-electron chi connectivity index (χ1n) is 6.08. The van der Waals surface area contributed by atoms with Crippen LogP contribution in [0.5, 0.6) is 0 Å². The summed E-state index contributed by atoms with van der Waals surface area (Å²) in [6, 6.07) is 4.11. The highest BCUT2D eigenvalue weighted by atomic mass is 16.1. The Morgan fingerprint density at radius 1 is 1.28 bits per heavy atom. The van der Waals surface area contributed by atoms with Crippen molar-refractivity contribution in [3.05, 3.63) is 45.9 Å². The number of aromatic nitrogens is 2. The highest BCUT2D eigenvalue weighted by Crippen LogP contribution is 2.29. The summed E-state index contributed by atoms with van der Waals surface area (Å²) in [7, 11) is 0. The normalized spacial score (nSPS) is 12.4.